The van der Waals surface area contributed by atoms with Gasteiger partial charge in [0.2, 0.25) is 5.95 Å². The van der Waals surface area contributed by atoms with Crippen LogP contribution in [0.1, 0.15) is 43.2 Å². The lowest BCUT2D eigenvalue weighted by molar-refractivity contribution is 0.102. The number of carbonyl (C=O) groups excluding carboxylic acids is 1. The molecule has 1 amide bonds. The van der Waals surface area contributed by atoms with Gasteiger partial charge >= 0.3 is 0 Å². The van der Waals surface area contributed by atoms with E-state index in [1.165, 1.54) is 0 Å². The number of hydrogen-bond acceptors (Lipinski definition) is 8. The lowest BCUT2D eigenvalue weighted by Gasteiger charge is -2.21. The maximum absolute atomic E-state index is 13.0. The molecule has 0 spiro atoms. The number of rotatable bonds is 5. The van der Waals surface area contributed by atoms with E-state index in [0.717, 1.165) is 47.4 Å². The molecule has 5 rings (SSSR count). The molecule has 188 valence electrons. The monoisotopic (exact) mass is 494 g/mol. The molecule has 0 atom stereocenters. The number of aromatic nitrogens is 5. The van der Waals surface area contributed by atoms with E-state index in [2.05, 4.69) is 69.4 Å². The Bertz CT molecular complexity index is 1490. The fraction of sp³-hybridized carbons (Fsp3) is 0.286. The number of pyridine rings is 1. The first-order valence-corrected chi connectivity index (χ1v) is 12.3. The lowest BCUT2D eigenvalue weighted by atomic mass is 10.0. The van der Waals surface area contributed by atoms with Crippen molar-refractivity contribution >= 4 is 34.1 Å². The average molecular weight is 495 g/mol. The van der Waals surface area contributed by atoms with Gasteiger partial charge in [0, 0.05) is 47.5 Å². The molecule has 0 aliphatic carbocycles. The molecule has 37 heavy (non-hydrogen) atoms. The van der Waals surface area contributed by atoms with E-state index < -0.39 is 0 Å². The van der Waals surface area contributed by atoms with Crippen molar-refractivity contribution in [1.29, 1.82) is 0 Å². The van der Waals surface area contributed by atoms with E-state index >= 15 is 0 Å². The number of benzene rings is 1. The number of nitrogens with zero attached hydrogens (tertiary/aromatic N) is 6. The van der Waals surface area contributed by atoms with Crippen LogP contribution in [0.25, 0.3) is 27.7 Å². The van der Waals surface area contributed by atoms with Crippen molar-refractivity contribution < 1.29 is 4.79 Å². The molecule has 1 aromatic carbocycles. The maximum atomic E-state index is 13.0. The van der Waals surface area contributed by atoms with E-state index in [-0.39, 0.29) is 17.4 Å². The number of carbonyl (C=O) groups is 1. The van der Waals surface area contributed by atoms with Gasteiger partial charge in [-0.15, -0.1) is 0 Å². The molecule has 0 unspecified atom stereocenters. The predicted molar refractivity (Wildman–Crippen MR) is 146 cm³/mol. The van der Waals surface area contributed by atoms with Gasteiger partial charge in [0.1, 0.15) is 5.82 Å². The van der Waals surface area contributed by atoms with Crippen molar-refractivity contribution in [2.75, 3.05) is 30.8 Å². The zero-order valence-corrected chi connectivity index (χ0v) is 21.5. The maximum Gasteiger partial charge on any atom is 0.258 e. The lowest BCUT2D eigenvalue weighted by Crippen LogP contribution is -2.26. The van der Waals surface area contributed by atoms with E-state index in [1.54, 1.807) is 30.9 Å². The summed E-state index contributed by atoms with van der Waals surface area (Å²) in [5, 5.41) is 7.03. The van der Waals surface area contributed by atoms with E-state index in [1.807, 2.05) is 24.3 Å². The first-order chi connectivity index (χ1) is 17.7. The Morgan fingerprint density at radius 2 is 1.86 bits per heavy atom. The molecule has 0 saturated carbocycles. The summed E-state index contributed by atoms with van der Waals surface area (Å²) in [4.78, 5) is 37.7. The Hall–Kier alpha value is -4.24. The van der Waals surface area contributed by atoms with Crippen LogP contribution in [0.3, 0.4) is 0 Å². The number of hydrogen-bond donors (Lipinski definition) is 2. The van der Waals surface area contributed by atoms with Gasteiger partial charge in [-0.1, -0.05) is 18.2 Å². The second kappa shape index (κ2) is 10.0. The van der Waals surface area contributed by atoms with Crippen molar-refractivity contribution in [3.8, 4) is 11.3 Å². The average Bonchev–Trinajstić information content (AvgIpc) is 2.88. The summed E-state index contributed by atoms with van der Waals surface area (Å²) in [5.41, 5.74) is 4.68. The summed E-state index contributed by atoms with van der Waals surface area (Å²) in [5.74, 6) is 0.661. The standard InChI is InChI=1S/C28H30N8O/c1-28(2,3)35-25-17-29-16-24(32-25)19-5-6-21-15-31-27(33-23(21)13-19)34-26(37)20-7-10-30-22(14-20)18-8-11-36(4)12-9-18/h5-8,10,13-17H,9,11-12H2,1-4H3,(H,32,35)(H,31,33,34,37). The minimum atomic E-state index is -0.278. The summed E-state index contributed by atoms with van der Waals surface area (Å²) >= 11 is 0. The molecule has 0 radical (unpaired) electrons. The van der Waals surface area contributed by atoms with Crippen LogP contribution in [-0.2, 0) is 0 Å². The van der Waals surface area contributed by atoms with Crippen molar-refractivity contribution in [3.05, 3.63) is 72.5 Å². The molecule has 1 aliphatic heterocycles. The molecule has 0 saturated heterocycles. The molecule has 9 heteroatoms. The molecule has 4 aromatic rings. The van der Waals surface area contributed by atoms with Crippen LogP contribution in [0.5, 0.6) is 0 Å². The van der Waals surface area contributed by atoms with Gasteiger partial charge in [0.05, 0.1) is 29.3 Å². The Morgan fingerprint density at radius 3 is 2.65 bits per heavy atom. The van der Waals surface area contributed by atoms with Crippen LogP contribution in [0, 0.1) is 0 Å². The van der Waals surface area contributed by atoms with Crippen LogP contribution in [0.15, 0.2) is 61.2 Å². The first-order valence-electron chi connectivity index (χ1n) is 12.3. The first kappa shape index (κ1) is 24.5. The fourth-order valence-electron chi connectivity index (χ4n) is 4.12. The summed E-state index contributed by atoms with van der Waals surface area (Å²) in [6, 6.07) is 9.35. The Morgan fingerprint density at radius 1 is 1.00 bits per heavy atom. The zero-order chi connectivity index (χ0) is 26.0. The van der Waals surface area contributed by atoms with Gasteiger partial charge in [0.15, 0.2) is 0 Å². The van der Waals surface area contributed by atoms with Gasteiger partial charge in [-0.05, 0) is 58.0 Å². The highest BCUT2D eigenvalue weighted by Crippen LogP contribution is 2.24. The minimum Gasteiger partial charge on any atom is -0.364 e. The Balaban J connectivity index is 1.37. The Labute approximate surface area is 216 Å². The topological polar surface area (TPSA) is 109 Å². The molecular formula is C28H30N8O. The summed E-state index contributed by atoms with van der Waals surface area (Å²) in [7, 11) is 2.09. The zero-order valence-electron chi connectivity index (χ0n) is 21.5. The van der Waals surface area contributed by atoms with E-state index in [4.69, 9.17) is 4.98 Å². The van der Waals surface area contributed by atoms with Crippen molar-refractivity contribution in [2.24, 2.45) is 0 Å². The highest BCUT2D eigenvalue weighted by Gasteiger charge is 2.15. The highest BCUT2D eigenvalue weighted by atomic mass is 16.1. The molecular weight excluding hydrogens is 464 g/mol. The fourth-order valence-corrected chi connectivity index (χ4v) is 4.12. The largest absolute Gasteiger partial charge is 0.364 e. The normalized spacial score (nSPS) is 14.3. The molecule has 2 N–H and O–H groups in total. The molecule has 0 bridgehead atoms. The van der Waals surface area contributed by atoms with Crippen LogP contribution in [-0.4, -0.2) is 61.4 Å². The highest BCUT2D eigenvalue weighted by molar-refractivity contribution is 6.04. The molecule has 9 nitrogen and oxygen atoms in total. The smallest absolute Gasteiger partial charge is 0.258 e. The molecule has 3 aromatic heterocycles. The third-order valence-corrected chi connectivity index (χ3v) is 6.00. The van der Waals surface area contributed by atoms with E-state index in [0.29, 0.717) is 16.9 Å². The third-order valence-electron chi connectivity index (χ3n) is 6.00. The second-order valence-electron chi connectivity index (χ2n) is 10.3. The van der Waals surface area contributed by atoms with Gasteiger partial charge in [-0.25, -0.2) is 15.0 Å². The van der Waals surface area contributed by atoms with Crippen LogP contribution in [0.4, 0.5) is 11.8 Å². The Kier molecular flexibility index (Phi) is 6.62. The van der Waals surface area contributed by atoms with E-state index in [9.17, 15) is 4.79 Å². The number of nitrogens with one attached hydrogen (secondary N) is 2. The second-order valence-corrected chi connectivity index (χ2v) is 10.3. The number of anilines is 2. The predicted octanol–water partition coefficient (Wildman–Crippen LogP) is 4.66. The van der Waals surface area contributed by atoms with Crippen molar-refractivity contribution in [2.45, 2.75) is 32.7 Å². The third kappa shape index (κ3) is 5.95. The molecule has 1 aliphatic rings. The SMILES string of the molecule is CN1CC=C(c2cc(C(=O)Nc3ncc4ccc(-c5cncc(NC(C)(C)C)n5)cc4n3)ccn2)CC1. The summed E-state index contributed by atoms with van der Waals surface area (Å²) < 4.78 is 0. The number of likely N-dealkylation sites (N-methyl/N-ethyl adjacent to an activating group) is 1. The van der Waals surface area contributed by atoms with Crippen molar-refractivity contribution in [1.82, 2.24) is 29.8 Å². The minimum absolute atomic E-state index is 0.128. The summed E-state index contributed by atoms with van der Waals surface area (Å²) in [6.07, 6.45) is 9.87. The molecule has 4 heterocycles. The van der Waals surface area contributed by atoms with Crippen LogP contribution < -0.4 is 10.6 Å². The van der Waals surface area contributed by atoms with Gasteiger partial charge in [0.25, 0.3) is 5.91 Å². The number of amides is 1. The molecule has 0 fully saturated rings. The van der Waals surface area contributed by atoms with Gasteiger partial charge in [-0.3, -0.25) is 20.1 Å². The van der Waals surface area contributed by atoms with Gasteiger partial charge < -0.3 is 10.2 Å². The number of fused-ring (bicyclic) bond motifs is 1. The van der Waals surface area contributed by atoms with Crippen LogP contribution in [0.2, 0.25) is 0 Å². The summed E-state index contributed by atoms with van der Waals surface area (Å²) in [6.45, 7) is 8.07. The quantitative estimate of drug-likeness (QED) is 0.412. The van der Waals surface area contributed by atoms with Gasteiger partial charge in [-0.2, -0.15) is 0 Å². The van der Waals surface area contributed by atoms with Crippen molar-refractivity contribution in [3.63, 3.8) is 0 Å². The van der Waals surface area contributed by atoms with Crippen LogP contribution >= 0.6 is 0 Å².